The number of carboxylic acid groups (broad SMARTS) is 1. The first-order valence-electron chi connectivity index (χ1n) is 4.46. The van der Waals surface area contributed by atoms with Crippen LogP contribution < -0.4 is 0 Å². The summed E-state index contributed by atoms with van der Waals surface area (Å²) in [7, 11) is 0. The minimum Gasteiger partial charge on any atom is -0.465 e. The molecule has 0 aliphatic heterocycles. The van der Waals surface area contributed by atoms with Crippen molar-refractivity contribution in [1.82, 2.24) is 4.90 Å². The van der Waals surface area contributed by atoms with Crippen LogP contribution in [0.1, 0.15) is 33.6 Å². The van der Waals surface area contributed by atoms with Gasteiger partial charge in [-0.25, -0.2) is 4.79 Å². The normalized spacial score (nSPS) is 11.4. The predicted molar refractivity (Wildman–Crippen MR) is 54.4 cm³/mol. The summed E-state index contributed by atoms with van der Waals surface area (Å²) in [6.07, 6.45) is 0.830. The van der Waals surface area contributed by atoms with Crippen molar-refractivity contribution in [3.05, 3.63) is 0 Å². The van der Waals surface area contributed by atoms with Gasteiger partial charge in [-0.3, -0.25) is 0 Å². The Labute approximate surface area is 84.7 Å². The Morgan fingerprint density at radius 2 is 1.92 bits per heavy atom. The molecule has 0 saturated heterocycles. The molecule has 0 rings (SSSR count). The number of amides is 1. The van der Waals surface area contributed by atoms with Gasteiger partial charge in [-0.05, 0) is 33.6 Å². The number of carbonyl (C=O) groups is 1. The van der Waals surface area contributed by atoms with E-state index in [1.54, 1.807) is 0 Å². The Kier molecular flexibility index (Phi) is 5.14. The Morgan fingerprint density at radius 3 is 2.23 bits per heavy atom. The maximum atomic E-state index is 10.8. The van der Waals surface area contributed by atoms with Crippen molar-refractivity contribution >= 4 is 17.7 Å². The van der Waals surface area contributed by atoms with E-state index in [2.05, 4.69) is 0 Å². The highest BCUT2D eigenvalue weighted by molar-refractivity contribution is 6.17. The first-order chi connectivity index (χ1) is 5.89. The summed E-state index contributed by atoms with van der Waals surface area (Å²) in [5.74, 6) is 0.595. The number of hydrogen-bond donors (Lipinski definition) is 1. The van der Waals surface area contributed by atoms with Gasteiger partial charge in [0.15, 0.2) is 0 Å². The molecule has 0 aromatic carbocycles. The van der Waals surface area contributed by atoms with Crippen LogP contribution >= 0.6 is 11.6 Å². The second-order valence-corrected chi connectivity index (χ2v) is 4.38. The highest BCUT2D eigenvalue weighted by Gasteiger charge is 2.24. The summed E-state index contributed by atoms with van der Waals surface area (Å²) in [6, 6.07) is 0. The lowest BCUT2D eigenvalue weighted by Crippen LogP contribution is -2.45. The van der Waals surface area contributed by atoms with Gasteiger partial charge in [0, 0.05) is 18.0 Å². The largest absolute Gasteiger partial charge is 0.465 e. The van der Waals surface area contributed by atoms with Crippen molar-refractivity contribution in [3.63, 3.8) is 0 Å². The molecule has 0 saturated carbocycles. The maximum Gasteiger partial charge on any atom is 0.407 e. The fourth-order valence-corrected chi connectivity index (χ4v) is 1.27. The monoisotopic (exact) mass is 207 g/mol. The second-order valence-electron chi connectivity index (χ2n) is 4.00. The van der Waals surface area contributed by atoms with Crippen LogP contribution in [0.2, 0.25) is 0 Å². The van der Waals surface area contributed by atoms with Crippen molar-refractivity contribution in [1.29, 1.82) is 0 Å². The second kappa shape index (κ2) is 5.32. The van der Waals surface area contributed by atoms with Crippen molar-refractivity contribution in [3.8, 4) is 0 Å². The number of unbranched alkanes of at least 4 members (excludes halogenated alkanes) is 1. The van der Waals surface area contributed by atoms with E-state index in [1.807, 2.05) is 20.8 Å². The molecule has 0 unspecified atom stereocenters. The lowest BCUT2D eigenvalue weighted by Gasteiger charge is -2.33. The standard InChI is InChI=1S/C9H18ClNO2/c1-9(2,3)11(8(12)13)7-5-4-6-10/h4-7H2,1-3H3,(H,12,13). The first-order valence-corrected chi connectivity index (χ1v) is 4.99. The molecule has 0 aliphatic carbocycles. The highest BCUT2D eigenvalue weighted by atomic mass is 35.5. The third-order valence-corrected chi connectivity index (χ3v) is 2.07. The van der Waals surface area contributed by atoms with Crippen molar-refractivity contribution in [2.24, 2.45) is 0 Å². The van der Waals surface area contributed by atoms with Crippen LogP contribution in [-0.2, 0) is 0 Å². The highest BCUT2D eigenvalue weighted by Crippen LogP contribution is 2.14. The zero-order valence-electron chi connectivity index (χ0n) is 8.51. The number of hydrogen-bond acceptors (Lipinski definition) is 1. The lowest BCUT2D eigenvalue weighted by atomic mass is 10.1. The molecule has 0 bridgehead atoms. The van der Waals surface area contributed by atoms with Gasteiger partial charge in [-0.2, -0.15) is 0 Å². The zero-order valence-corrected chi connectivity index (χ0v) is 9.26. The molecule has 0 fully saturated rings. The van der Waals surface area contributed by atoms with Crippen molar-refractivity contribution in [2.45, 2.75) is 39.2 Å². The molecule has 0 heterocycles. The number of nitrogens with zero attached hydrogens (tertiary/aromatic N) is 1. The van der Waals surface area contributed by atoms with Crippen LogP contribution in [0.5, 0.6) is 0 Å². The van der Waals surface area contributed by atoms with Crippen molar-refractivity contribution < 1.29 is 9.90 Å². The molecular formula is C9H18ClNO2. The Morgan fingerprint density at radius 1 is 1.38 bits per heavy atom. The molecule has 1 N–H and O–H groups in total. The summed E-state index contributed by atoms with van der Waals surface area (Å²) in [5, 5.41) is 8.90. The molecule has 1 amide bonds. The molecule has 0 radical (unpaired) electrons. The van der Waals surface area contributed by atoms with Crippen LogP contribution in [0.25, 0.3) is 0 Å². The van der Waals surface area contributed by atoms with E-state index >= 15 is 0 Å². The predicted octanol–water partition coefficient (Wildman–Crippen LogP) is 2.78. The summed E-state index contributed by atoms with van der Waals surface area (Å²) < 4.78 is 0. The van der Waals surface area contributed by atoms with Crippen LogP contribution in [-0.4, -0.2) is 34.1 Å². The molecular weight excluding hydrogens is 190 g/mol. The molecule has 13 heavy (non-hydrogen) atoms. The van der Waals surface area contributed by atoms with E-state index < -0.39 is 6.09 Å². The summed E-state index contributed by atoms with van der Waals surface area (Å²) >= 11 is 5.51. The zero-order chi connectivity index (χ0) is 10.5. The third kappa shape index (κ3) is 4.98. The van der Waals surface area contributed by atoms with E-state index in [1.165, 1.54) is 4.90 Å². The van der Waals surface area contributed by atoms with E-state index in [9.17, 15) is 4.79 Å². The van der Waals surface area contributed by atoms with Gasteiger partial charge in [0.05, 0.1) is 0 Å². The van der Waals surface area contributed by atoms with E-state index in [0.717, 1.165) is 12.8 Å². The van der Waals surface area contributed by atoms with Crippen LogP contribution in [0.3, 0.4) is 0 Å². The molecule has 0 spiro atoms. The van der Waals surface area contributed by atoms with E-state index in [4.69, 9.17) is 16.7 Å². The fraction of sp³-hybridized carbons (Fsp3) is 0.889. The summed E-state index contributed by atoms with van der Waals surface area (Å²) in [5.41, 5.74) is -0.321. The molecule has 3 nitrogen and oxygen atoms in total. The SMILES string of the molecule is CC(C)(C)N(CCCCCl)C(=O)O. The number of rotatable bonds is 4. The average Bonchev–Trinajstić information content (AvgIpc) is 1.94. The number of alkyl halides is 1. The van der Waals surface area contributed by atoms with Crippen molar-refractivity contribution in [2.75, 3.05) is 12.4 Å². The molecule has 78 valence electrons. The smallest absolute Gasteiger partial charge is 0.407 e. The van der Waals surface area contributed by atoms with Crippen LogP contribution in [0, 0.1) is 0 Å². The van der Waals surface area contributed by atoms with Gasteiger partial charge in [-0.15, -0.1) is 11.6 Å². The first kappa shape index (κ1) is 12.6. The van der Waals surface area contributed by atoms with Crippen LogP contribution in [0.15, 0.2) is 0 Å². The van der Waals surface area contributed by atoms with Gasteiger partial charge in [0.25, 0.3) is 0 Å². The summed E-state index contributed by atoms with van der Waals surface area (Å²) in [6.45, 7) is 6.23. The minimum atomic E-state index is -0.859. The van der Waals surface area contributed by atoms with Gasteiger partial charge < -0.3 is 10.0 Å². The average molecular weight is 208 g/mol. The quantitative estimate of drug-likeness (QED) is 0.569. The van der Waals surface area contributed by atoms with Crippen LogP contribution in [0.4, 0.5) is 4.79 Å². The van der Waals surface area contributed by atoms with Gasteiger partial charge in [-0.1, -0.05) is 0 Å². The Bertz CT molecular complexity index is 165. The van der Waals surface area contributed by atoms with Gasteiger partial charge >= 0.3 is 6.09 Å². The molecule has 0 aromatic heterocycles. The lowest BCUT2D eigenvalue weighted by molar-refractivity contribution is 0.0994. The molecule has 0 aliphatic rings. The summed E-state index contributed by atoms with van der Waals surface area (Å²) in [4.78, 5) is 12.3. The van der Waals surface area contributed by atoms with Gasteiger partial charge in [0.1, 0.15) is 0 Å². The fourth-order valence-electron chi connectivity index (χ4n) is 1.08. The topological polar surface area (TPSA) is 40.5 Å². The Hall–Kier alpha value is -0.440. The molecule has 0 aromatic rings. The van der Waals surface area contributed by atoms with Gasteiger partial charge in [0.2, 0.25) is 0 Å². The number of halogens is 1. The van der Waals surface area contributed by atoms with E-state index in [0.29, 0.717) is 12.4 Å². The minimum absolute atomic E-state index is 0.321. The molecule has 0 atom stereocenters. The maximum absolute atomic E-state index is 10.8. The third-order valence-electron chi connectivity index (χ3n) is 1.81. The molecule has 4 heteroatoms. The van der Waals surface area contributed by atoms with E-state index in [-0.39, 0.29) is 5.54 Å². The Balaban J connectivity index is 4.04.